The molecule has 0 spiro atoms. The molecule has 18 heavy (non-hydrogen) atoms. The van der Waals surface area contributed by atoms with Crippen molar-refractivity contribution in [2.24, 2.45) is 35.5 Å². The fourth-order valence-corrected chi connectivity index (χ4v) is 4.42. The standard InChI is InChI=1S/C18H34/c1-13-5-6-15(3)18(11-13)10-9-17-8-7-14(2)16(4)12-17/h13-18H,5-12H2,1-4H3. The molecule has 0 amide bonds. The fraction of sp³-hybridized carbons (Fsp3) is 1.00. The van der Waals surface area contributed by atoms with E-state index in [1.165, 1.54) is 51.4 Å². The Kier molecular flexibility index (Phi) is 5.15. The molecular weight excluding hydrogens is 216 g/mol. The highest BCUT2D eigenvalue weighted by molar-refractivity contribution is 4.79. The lowest BCUT2D eigenvalue weighted by Crippen LogP contribution is -2.24. The van der Waals surface area contributed by atoms with Gasteiger partial charge in [-0.1, -0.05) is 59.8 Å². The van der Waals surface area contributed by atoms with Crippen LogP contribution in [-0.4, -0.2) is 0 Å². The van der Waals surface area contributed by atoms with Crippen molar-refractivity contribution in [3.05, 3.63) is 0 Å². The molecule has 0 aromatic carbocycles. The zero-order chi connectivity index (χ0) is 13.1. The zero-order valence-corrected chi connectivity index (χ0v) is 13.1. The van der Waals surface area contributed by atoms with Crippen LogP contribution >= 0.6 is 0 Å². The topological polar surface area (TPSA) is 0 Å². The molecule has 0 aliphatic heterocycles. The molecule has 2 saturated carbocycles. The van der Waals surface area contributed by atoms with Crippen molar-refractivity contribution < 1.29 is 0 Å². The van der Waals surface area contributed by atoms with Crippen LogP contribution in [0.5, 0.6) is 0 Å². The lowest BCUT2D eigenvalue weighted by atomic mass is 9.70. The summed E-state index contributed by atoms with van der Waals surface area (Å²) in [4.78, 5) is 0. The summed E-state index contributed by atoms with van der Waals surface area (Å²) in [6.45, 7) is 9.89. The van der Waals surface area contributed by atoms with E-state index in [4.69, 9.17) is 0 Å². The van der Waals surface area contributed by atoms with Crippen molar-refractivity contribution in [3.8, 4) is 0 Å². The normalized spacial score (nSPS) is 46.0. The molecule has 0 aromatic heterocycles. The Hall–Kier alpha value is 0. The smallest absolute Gasteiger partial charge is 0.0386 e. The first-order chi connectivity index (χ1) is 8.56. The Morgan fingerprint density at radius 1 is 0.667 bits per heavy atom. The molecule has 0 nitrogen and oxygen atoms in total. The van der Waals surface area contributed by atoms with Crippen LogP contribution < -0.4 is 0 Å². The summed E-state index contributed by atoms with van der Waals surface area (Å²) in [6, 6.07) is 0. The van der Waals surface area contributed by atoms with Crippen molar-refractivity contribution in [1.29, 1.82) is 0 Å². The van der Waals surface area contributed by atoms with E-state index in [9.17, 15) is 0 Å². The van der Waals surface area contributed by atoms with Gasteiger partial charge in [0.2, 0.25) is 0 Å². The Morgan fingerprint density at radius 3 is 2.11 bits per heavy atom. The first-order valence-corrected chi connectivity index (χ1v) is 8.56. The predicted molar refractivity (Wildman–Crippen MR) is 80.6 cm³/mol. The van der Waals surface area contributed by atoms with E-state index in [2.05, 4.69) is 27.7 Å². The van der Waals surface area contributed by atoms with E-state index in [0.29, 0.717) is 0 Å². The highest BCUT2D eigenvalue weighted by Gasteiger charge is 2.28. The Balaban J connectivity index is 1.74. The molecule has 2 fully saturated rings. The van der Waals surface area contributed by atoms with Gasteiger partial charge in [0.05, 0.1) is 0 Å². The first-order valence-electron chi connectivity index (χ1n) is 8.56. The lowest BCUT2D eigenvalue weighted by Gasteiger charge is -2.36. The van der Waals surface area contributed by atoms with Gasteiger partial charge in [-0.25, -0.2) is 0 Å². The largest absolute Gasteiger partial charge is 0.0625 e. The van der Waals surface area contributed by atoms with Crippen LogP contribution in [0.15, 0.2) is 0 Å². The van der Waals surface area contributed by atoms with Gasteiger partial charge in [-0.3, -0.25) is 0 Å². The maximum atomic E-state index is 2.50. The van der Waals surface area contributed by atoms with Gasteiger partial charge in [0, 0.05) is 0 Å². The van der Waals surface area contributed by atoms with Crippen LogP contribution in [0.1, 0.15) is 79.1 Å². The molecule has 0 bridgehead atoms. The summed E-state index contributed by atoms with van der Waals surface area (Å²) in [6.07, 6.45) is 12.1. The van der Waals surface area contributed by atoms with Crippen LogP contribution in [0, 0.1) is 35.5 Å². The zero-order valence-electron chi connectivity index (χ0n) is 13.1. The summed E-state index contributed by atoms with van der Waals surface area (Å²) in [5, 5.41) is 0. The monoisotopic (exact) mass is 250 g/mol. The maximum Gasteiger partial charge on any atom is -0.0386 e. The van der Waals surface area contributed by atoms with E-state index >= 15 is 0 Å². The predicted octanol–water partition coefficient (Wildman–Crippen LogP) is 5.91. The summed E-state index contributed by atoms with van der Waals surface area (Å²) in [5.41, 5.74) is 0. The average molecular weight is 250 g/mol. The van der Waals surface area contributed by atoms with Gasteiger partial charge in [0.25, 0.3) is 0 Å². The van der Waals surface area contributed by atoms with Gasteiger partial charge in [-0.15, -0.1) is 0 Å². The molecule has 0 heterocycles. The molecule has 2 aliphatic carbocycles. The highest BCUT2D eigenvalue weighted by atomic mass is 14.3. The third-order valence-corrected chi connectivity index (χ3v) is 6.28. The van der Waals surface area contributed by atoms with Crippen molar-refractivity contribution in [3.63, 3.8) is 0 Å². The summed E-state index contributed by atoms with van der Waals surface area (Å²) in [5.74, 6) is 6.06. The Bertz CT molecular complexity index is 244. The Labute approximate surface area is 115 Å². The van der Waals surface area contributed by atoms with E-state index in [1.807, 2.05) is 0 Å². The van der Waals surface area contributed by atoms with Crippen LogP contribution in [0.4, 0.5) is 0 Å². The van der Waals surface area contributed by atoms with Crippen molar-refractivity contribution in [2.75, 3.05) is 0 Å². The van der Waals surface area contributed by atoms with Gasteiger partial charge in [0.15, 0.2) is 0 Å². The Morgan fingerprint density at radius 2 is 1.39 bits per heavy atom. The first kappa shape index (κ1) is 14.4. The SMILES string of the molecule is CC1CCC(C)C(CCC2CCC(C)C(C)C2)C1. The van der Waals surface area contributed by atoms with Crippen LogP contribution in [0.3, 0.4) is 0 Å². The fourth-order valence-electron chi connectivity index (χ4n) is 4.42. The minimum atomic E-state index is 0.978. The summed E-state index contributed by atoms with van der Waals surface area (Å²) >= 11 is 0. The highest BCUT2D eigenvalue weighted by Crippen LogP contribution is 2.40. The molecule has 0 radical (unpaired) electrons. The second kappa shape index (κ2) is 6.44. The van der Waals surface area contributed by atoms with E-state index in [-0.39, 0.29) is 0 Å². The van der Waals surface area contributed by atoms with Gasteiger partial charge in [-0.05, 0) is 54.8 Å². The van der Waals surface area contributed by atoms with E-state index in [0.717, 1.165) is 35.5 Å². The van der Waals surface area contributed by atoms with E-state index in [1.54, 1.807) is 0 Å². The minimum Gasteiger partial charge on any atom is -0.0625 e. The molecule has 106 valence electrons. The van der Waals surface area contributed by atoms with Crippen molar-refractivity contribution >= 4 is 0 Å². The summed E-state index contributed by atoms with van der Waals surface area (Å²) < 4.78 is 0. The molecule has 0 saturated heterocycles. The average Bonchev–Trinajstić information content (AvgIpc) is 2.34. The third-order valence-electron chi connectivity index (χ3n) is 6.28. The van der Waals surface area contributed by atoms with Crippen LogP contribution in [-0.2, 0) is 0 Å². The minimum absolute atomic E-state index is 0.978. The molecule has 6 unspecified atom stereocenters. The molecule has 0 aromatic rings. The molecule has 0 heteroatoms. The number of hydrogen-bond acceptors (Lipinski definition) is 0. The third kappa shape index (κ3) is 3.75. The molecule has 2 aliphatic rings. The quantitative estimate of drug-likeness (QED) is 0.584. The van der Waals surface area contributed by atoms with Crippen molar-refractivity contribution in [2.45, 2.75) is 79.1 Å². The van der Waals surface area contributed by atoms with Crippen LogP contribution in [0.2, 0.25) is 0 Å². The summed E-state index contributed by atoms with van der Waals surface area (Å²) in [7, 11) is 0. The maximum absolute atomic E-state index is 2.50. The number of rotatable bonds is 3. The van der Waals surface area contributed by atoms with Gasteiger partial charge >= 0.3 is 0 Å². The molecule has 0 N–H and O–H groups in total. The van der Waals surface area contributed by atoms with Gasteiger partial charge in [0.1, 0.15) is 0 Å². The van der Waals surface area contributed by atoms with Crippen molar-refractivity contribution in [1.82, 2.24) is 0 Å². The number of hydrogen-bond donors (Lipinski definition) is 0. The molecule has 2 rings (SSSR count). The van der Waals surface area contributed by atoms with Gasteiger partial charge in [-0.2, -0.15) is 0 Å². The van der Waals surface area contributed by atoms with E-state index < -0.39 is 0 Å². The second-order valence-electron chi connectivity index (χ2n) is 7.87. The second-order valence-corrected chi connectivity index (χ2v) is 7.87. The van der Waals surface area contributed by atoms with Crippen LogP contribution in [0.25, 0.3) is 0 Å². The molecule has 6 atom stereocenters. The molecular formula is C18H34. The van der Waals surface area contributed by atoms with Gasteiger partial charge < -0.3 is 0 Å². The lowest BCUT2D eigenvalue weighted by molar-refractivity contribution is 0.154.